The molecule has 0 aromatic rings. The molecule has 2 saturated heterocycles. The van der Waals surface area contributed by atoms with Crippen molar-refractivity contribution in [3.8, 4) is 0 Å². The fraction of sp³-hybridized carbons (Fsp3) is 0.933. The highest BCUT2D eigenvalue weighted by Crippen LogP contribution is 2.19. The average molecular weight is 299 g/mol. The molecule has 2 rings (SSSR count). The van der Waals surface area contributed by atoms with E-state index in [2.05, 4.69) is 10.2 Å². The molecule has 0 bridgehead atoms. The van der Waals surface area contributed by atoms with Crippen LogP contribution in [0, 0.1) is 0 Å². The molecule has 6 heteroatoms. The number of nitrogens with zero attached hydrogens (tertiary/aromatic N) is 2. The molecular formula is C15H29N3O3. The van der Waals surface area contributed by atoms with E-state index >= 15 is 0 Å². The lowest BCUT2D eigenvalue weighted by molar-refractivity contribution is -0.0294. The summed E-state index contributed by atoms with van der Waals surface area (Å²) in [4.78, 5) is 16.0. The first kappa shape index (κ1) is 16.5. The molecule has 0 saturated carbocycles. The second-order valence-corrected chi connectivity index (χ2v) is 7.25. The van der Waals surface area contributed by atoms with Crippen molar-refractivity contribution in [1.82, 2.24) is 15.1 Å². The van der Waals surface area contributed by atoms with Gasteiger partial charge < -0.3 is 20.1 Å². The zero-order chi connectivity index (χ0) is 15.5. The Kier molecular flexibility index (Phi) is 5.11. The van der Waals surface area contributed by atoms with Crippen molar-refractivity contribution in [2.45, 2.75) is 44.8 Å². The highest BCUT2D eigenvalue weighted by atomic mass is 16.6. The van der Waals surface area contributed by atoms with Gasteiger partial charge in [0.05, 0.1) is 5.60 Å². The van der Waals surface area contributed by atoms with E-state index in [1.165, 1.54) is 0 Å². The van der Waals surface area contributed by atoms with Gasteiger partial charge in [-0.05, 0) is 40.2 Å². The molecule has 0 spiro atoms. The van der Waals surface area contributed by atoms with Crippen molar-refractivity contribution in [1.29, 1.82) is 0 Å². The van der Waals surface area contributed by atoms with Crippen molar-refractivity contribution in [3.63, 3.8) is 0 Å². The van der Waals surface area contributed by atoms with Crippen LogP contribution in [0.4, 0.5) is 4.79 Å². The zero-order valence-electron chi connectivity index (χ0n) is 13.5. The van der Waals surface area contributed by atoms with Crippen molar-refractivity contribution in [3.05, 3.63) is 0 Å². The molecule has 2 N–H and O–H groups in total. The third-order valence-corrected chi connectivity index (χ3v) is 3.99. The predicted octanol–water partition coefficient (Wildman–Crippen LogP) is 0.654. The summed E-state index contributed by atoms with van der Waals surface area (Å²) in [5, 5.41) is 13.8. The third-order valence-electron chi connectivity index (χ3n) is 3.99. The van der Waals surface area contributed by atoms with Gasteiger partial charge in [0.2, 0.25) is 0 Å². The van der Waals surface area contributed by atoms with Gasteiger partial charge in [0, 0.05) is 39.3 Å². The van der Waals surface area contributed by atoms with Gasteiger partial charge in [-0.3, -0.25) is 4.90 Å². The summed E-state index contributed by atoms with van der Waals surface area (Å²) in [6.45, 7) is 10.9. The minimum absolute atomic E-state index is 0.236. The molecule has 1 amide bonds. The van der Waals surface area contributed by atoms with E-state index < -0.39 is 11.2 Å². The molecule has 2 heterocycles. The fourth-order valence-corrected chi connectivity index (χ4v) is 2.92. The van der Waals surface area contributed by atoms with E-state index in [-0.39, 0.29) is 6.09 Å². The van der Waals surface area contributed by atoms with Gasteiger partial charge >= 0.3 is 6.09 Å². The monoisotopic (exact) mass is 299 g/mol. The van der Waals surface area contributed by atoms with Crippen LogP contribution in [0.3, 0.4) is 0 Å². The maximum absolute atomic E-state index is 12.0. The molecule has 6 nitrogen and oxygen atoms in total. The number of aliphatic hydroxyl groups is 1. The Hall–Kier alpha value is -0.850. The van der Waals surface area contributed by atoms with Crippen LogP contribution in [-0.2, 0) is 4.74 Å². The number of ether oxygens (including phenoxy) is 1. The van der Waals surface area contributed by atoms with Crippen molar-refractivity contribution >= 4 is 6.09 Å². The normalized spacial score (nSPS) is 28.5. The number of piperidine rings is 1. The van der Waals surface area contributed by atoms with E-state index in [9.17, 15) is 9.90 Å². The van der Waals surface area contributed by atoms with E-state index in [1.807, 2.05) is 20.8 Å². The third kappa shape index (κ3) is 5.13. The molecule has 0 aliphatic carbocycles. The number of nitrogens with one attached hydrogen (secondary N) is 1. The molecule has 21 heavy (non-hydrogen) atoms. The molecule has 1 unspecified atom stereocenters. The van der Waals surface area contributed by atoms with Gasteiger partial charge in [-0.2, -0.15) is 0 Å². The summed E-state index contributed by atoms with van der Waals surface area (Å²) in [5.41, 5.74) is -1.07. The largest absolute Gasteiger partial charge is 0.444 e. The first-order valence-corrected chi connectivity index (χ1v) is 7.91. The van der Waals surface area contributed by atoms with Crippen LogP contribution in [0.25, 0.3) is 0 Å². The smallest absolute Gasteiger partial charge is 0.410 e. The Balaban J connectivity index is 1.76. The number of carbonyl (C=O) groups is 1. The zero-order valence-corrected chi connectivity index (χ0v) is 13.5. The highest BCUT2D eigenvalue weighted by molar-refractivity contribution is 5.68. The van der Waals surface area contributed by atoms with Crippen LogP contribution in [0.15, 0.2) is 0 Å². The minimum Gasteiger partial charge on any atom is -0.444 e. The second kappa shape index (κ2) is 6.50. The number of rotatable bonds is 2. The SMILES string of the molecule is CC(C)(C)OC(=O)N1CCN(CC2(O)CCCNC2)CC1. The molecule has 0 aromatic carbocycles. The molecule has 122 valence electrons. The van der Waals surface area contributed by atoms with E-state index in [4.69, 9.17) is 4.74 Å². The Morgan fingerprint density at radius 1 is 1.29 bits per heavy atom. The molecule has 1 atom stereocenters. The van der Waals surface area contributed by atoms with Crippen molar-refractivity contribution in [2.24, 2.45) is 0 Å². The Labute approximate surface area is 127 Å². The van der Waals surface area contributed by atoms with Crippen LogP contribution >= 0.6 is 0 Å². The summed E-state index contributed by atoms with van der Waals surface area (Å²) in [6, 6.07) is 0. The predicted molar refractivity (Wildman–Crippen MR) is 81.3 cm³/mol. The lowest BCUT2D eigenvalue weighted by Crippen LogP contribution is -2.57. The van der Waals surface area contributed by atoms with Crippen LogP contribution in [0.5, 0.6) is 0 Å². The number of carbonyl (C=O) groups excluding carboxylic acids is 1. The average Bonchev–Trinajstić information content (AvgIpc) is 2.38. The summed E-state index contributed by atoms with van der Waals surface area (Å²) in [7, 11) is 0. The van der Waals surface area contributed by atoms with E-state index in [1.54, 1.807) is 4.90 Å². The highest BCUT2D eigenvalue weighted by Gasteiger charge is 2.33. The maximum atomic E-state index is 12.0. The number of hydrogen-bond donors (Lipinski definition) is 2. The topological polar surface area (TPSA) is 65.0 Å². The lowest BCUT2D eigenvalue weighted by Gasteiger charge is -2.41. The van der Waals surface area contributed by atoms with Crippen LogP contribution in [0.2, 0.25) is 0 Å². The first-order valence-electron chi connectivity index (χ1n) is 7.91. The van der Waals surface area contributed by atoms with Crippen LogP contribution in [-0.4, -0.2) is 78.0 Å². The van der Waals surface area contributed by atoms with Crippen molar-refractivity contribution < 1.29 is 14.6 Å². The minimum atomic E-state index is -0.619. The van der Waals surface area contributed by atoms with Gasteiger partial charge in [-0.15, -0.1) is 0 Å². The molecule has 0 radical (unpaired) electrons. The molecule has 2 aliphatic rings. The second-order valence-electron chi connectivity index (χ2n) is 7.25. The van der Waals surface area contributed by atoms with Crippen molar-refractivity contribution in [2.75, 3.05) is 45.8 Å². The quantitative estimate of drug-likeness (QED) is 0.784. The number of β-amino-alcohol motifs (C(OH)–C–C–N with tert-alkyl or cyclic N) is 1. The fourth-order valence-electron chi connectivity index (χ4n) is 2.92. The molecule has 2 aliphatic heterocycles. The Morgan fingerprint density at radius 3 is 2.48 bits per heavy atom. The van der Waals surface area contributed by atoms with E-state index in [0.29, 0.717) is 26.2 Å². The van der Waals surface area contributed by atoms with Crippen LogP contribution < -0.4 is 5.32 Å². The van der Waals surface area contributed by atoms with Gasteiger partial charge in [0.15, 0.2) is 0 Å². The van der Waals surface area contributed by atoms with Gasteiger partial charge in [0.1, 0.15) is 5.60 Å². The van der Waals surface area contributed by atoms with Gasteiger partial charge in [-0.25, -0.2) is 4.79 Å². The lowest BCUT2D eigenvalue weighted by atomic mass is 9.93. The molecule has 2 fully saturated rings. The number of piperazine rings is 1. The number of amides is 1. The van der Waals surface area contributed by atoms with Gasteiger partial charge in [0.25, 0.3) is 0 Å². The Bertz CT molecular complexity index is 354. The number of hydrogen-bond acceptors (Lipinski definition) is 5. The summed E-state index contributed by atoms with van der Waals surface area (Å²) < 4.78 is 5.39. The summed E-state index contributed by atoms with van der Waals surface area (Å²) in [6.07, 6.45) is 1.64. The Morgan fingerprint density at radius 2 is 1.95 bits per heavy atom. The van der Waals surface area contributed by atoms with Crippen LogP contribution in [0.1, 0.15) is 33.6 Å². The maximum Gasteiger partial charge on any atom is 0.410 e. The summed E-state index contributed by atoms with van der Waals surface area (Å²) >= 11 is 0. The molecular weight excluding hydrogens is 270 g/mol. The standard InChI is InChI=1S/C15H29N3O3/c1-14(2,3)21-13(19)18-9-7-17(8-10-18)12-15(20)5-4-6-16-11-15/h16,20H,4-12H2,1-3H3. The van der Waals surface area contributed by atoms with Gasteiger partial charge in [-0.1, -0.05) is 0 Å². The summed E-state index contributed by atoms with van der Waals surface area (Å²) in [5.74, 6) is 0. The first-order chi connectivity index (χ1) is 9.77. The van der Waals surface area contributed by atoms with E-state index in [0.717, 1.165) is 32.5 Å². The molecule has 0 aromatic heterocycles.